The molecule has 4 heteroatoms. The van der Waals surface area contributed by atoms with Crippen LogP contribution >= 0.6 is 31.4 Å². The summed E-state index contributed by atoms with van der Waals surface area (Å²) in [5, 5.41) is 1.89. The molecule has 0 spiro atoms. The van der Waals surface area contributed by atoms with Crippen molar-refractivity contribution in [2.45, 2.75) is 0 Å². The van der Waals surface area contributed by atoms with E-state index < -0.39 is 8.09 Å². The molecule has 0 bridgehead atoms. The van der Waals surface area contributed by atoms with Crippen LogP contribution in [0.1, 0.15) is 0 Å². The van der Waals surface area contributed by atoms with E-state index >= 15 is 0 Å². The van der Waals surface area contributed by atoms with Gasteiger partial charge in [-0.05, 0) is 5.41 Å². The first-order valence-electron chi connectivity index (χ1n) is 1.69. The van der Waals surface area contributed by atoms with Gasteiger partial charge in [0.15, 0.2) is 0 Å². The van der Waals surface area contributed by atoms with Crippen LogP contribution in [0.2, 0.25) is 0 Å². The van der Waals surface area contributed by atoms with Gasteiger partial charge in [-0.1, -0.05) is 8.09 Å². The van der Waals surface area contributed by atoms with Gasteiger partial charge in [0.2, 0.25) is 0 Å². The molecule has 0 unspecified atom stereocenters. The highest BCUT2D eigenvalue weighted by molar-refractivity contribution is 9.23. The molecular weight excluding hydrogens is 146 g/mol. The minimum atomic E-state index is -1.13. The molecule has 40 valence electrons. The van der Waals surface area contributed by atoms with Crippen molar-refractivity contribution in [3.8, 4) is 0 Å². The molecule has 0 saturated carbocycles. The molecule has 0 atom stereocenters. The van der Waals surface area contributed by atoms with Gasteiger partial charge in [0.05, 0.1) is 5.55 Å². The second-order valence-electron chi connectivity index (χ2n) is 1.18. The molecule has 0 saturated heterocycles. The molecule has 0 aromatic carbocycles. The monoisotopic (exact) mass is 151 g/mol. The summed E-state index contributed by atoms with van der Waals surface area (Å²) in [5.41, 5.74) is 1.75. The number of hydrogen-bond acceptors (Lipinski definition) is 3. The minimum absolute atomic E-state index is 1.13. The summed E-state index contributed by atoms with van der Waals surface area (Å²) in [5.74, 6) is 0. The first-order valence-corrected chi connectivity index (χ1v) is 5.55. The molecule has 0 aromatic rings. The summed E-state index contributed by atoms with van der Waals surface area (Å²) in [6.07, 6.45) is 1.72. The summed E-state index contributed by atoms with van der Waals surface area (Å²) in [6, 6.07) is 0. The van der Waals surface area contributed by atoms with Crippen LogP contribution in [-0.2, 0) is 0 Å². The Bertz CT molecular complexity index is 112. The van der Waals surface area contributed by atoms with Crippen molar-refractivity contribution in [1.29, 1.82) is 0 Å². The van der Waals surface area contributed by atoms with Crippen LogP contribution in [0.3, 0.4) is 0 Å². The number of nitrogens with zero attached hydrogens (tertiary/aromatic N) is 1. The SMILES string of the molecule is SS1(S)C=CN=C1. The molecule has 7 heavy (non-hydrogen) atoms. The Morgan fingerprint density at radius 1 is 1.43 bits per heavy atom. The van der Waals surface area contributed by atoms with Crippen molar-refractivity contribution < 1.29 is 0 Å². The van der Waals surface area contributed by atoms with E-state index in [0.29, 0.717) is 0 Å². The summed E-state index contributed by atoms with van der Waals surface area (Å²) in [4.78, 5) is 3.81. The lowest BCUT2D eigenvalue weighted by Crippen LogP contribution is -1.66. The standard InChI is InChI=1S/C3H5NS3/c5-7(6)2-1-4-3-7/h1-3,5-6H. The molecule has 0 radical (unpaired) electrons. The van der Waals surface area contributed by atoms with Crippen molar-refractivity contribution in [1.82, 2.24) is 0 Å². The number of hydrogen-bond donors (Lipinski definition) is 2. The van der Waals surface area contributed by atoms with Gasteiger partial charge < -0.3 is 0 Å². The van der Waals surface area contributed by atoms with Gasteiger partial charge in [-0.2, -0.15) is 0 Å². The minimum Gasteiger partial charge on any atom is -0.257 e. The summed E-state index contributed by atoms with van der Waals surface area (Å²) >= 11 is 8.32. The van der Waals surface area contributed by atoms with Crippen LogP contribution < -0.4 is 0 Å². The zero-order valence-electron chi connectivity index (χ0n) is 3.48. The molecule has 1 aliphatic rings. The average Bonchev–Trinajstić information content (AvgIpc) is 1.84. The first-order chi connectivity index (χ1) is 3.21. The Morgan fingerprint density at radius 2 is 2.14 bits per heavy atom. The second-order valence-corrected chi connectivity index (χ2v) is 7.43. The molecule has 0 aliphatic carbocycles. The predicted octanol–water partition coefficient (Wildman–Crippen LogP) is 1.99. The maximum absolute atomic E-state index is 4.16. The van der Waals surface area contributed by atoms with Gasteiger partial charge in [-0.25, -0.2) is 0 Å². The van der Waals surface area contributed by atoms with Crippen LogP contribution in [0.25, 0.3) is 0 Å². The normalized spacial score (nSPS) is 28.3. The Labute approximate surface area is 53.8 Å². The van der Waals surface area contributed by atoms with E-state index in [1.54, 1.807) is 11.7 Å². The third-order valence-corrected chi connectivity index (χ3v) is 2.81. The summed E-state index contributed by atoms with van der Waals surface area (Å²) in [7, 11) is -1.13. The summed E-state index contributed by atoms with van der Waals surface area (Å²) < 4.78 is 0. The molecule has 0 amide bonds. The van der Waals surface area contributed by atoms with Crippen molar-refractivity contribution >= 4 is 37.0 Å². The van der Waals surface area contributed by atoms with Crippen molar-refractivity contribution in [2.75, 3.05) is 0 Å². The third-order valence-electron chi connectivity index (χ3n) is 0.563. The average molecular weight is 151 g/mol. The fourth-order valence-corrected chi connectivity index (χ4v) is 1.51. The Kier molecular flexibility index (Phi) is 1.41. The molecule has 0 aromatic heterocycles. The molecule has 1 heterocycles. The second kappa shape index (κ2) is 1.76. The van der Waals surface area contributed by atoms with Crippen LogP contribution in [-0.4, -0.2) is 5.55 Å². The molecule has 1 nitrogen and oxygen atoms in total. The van der Waals surface area contributed by atoms with Gasteiger partial charge in [-0.15, -0.1) is 23.3 Å². The first kappa shape index (κ1) is 5.59. The van der Waals surface area contributed by atoms with Crippen LogP contribution in [0.5, 0.6) is 0 Å². The predicted molar refractivity (Wildman–Crippen MR) is 43.2 cm³/mol. The Morgan fingerprint density at radius 3 is 2.29 bits per heavy atom. The van der Waals surface area contributed by atoms with Gasteiger partial charge in [0.1, 0.15) is 0 Å². The fraction of sp³-hybridized carbons (Fsp3) is 0. The van der Waals surface area contributed by atoms with E-state index in [1.807, 2.05) is 5.41 Å². The van der Waals surface area contributed by atoms with Crippen molar-refractivity contribution in [3.05, 3.63) is 11.6 Å². The fourth-order valence-electron chi connectivity index (χ4n) is 0.285. The van der Waals surface area contributed by atoms with E-state index in [2.05, 4.69) is 28.3 Å². The van der Waals surface area contributed by atoms with Crippen molar-refractivity contribution in [3.63, 3.8) is 0 Å². The maximum Gasteiger partial charge on any atom is 0.0636 e. The number of rotatable bonds is 0. The third kappa shape index (κ3) is 1.44. The van der Waals surface area contributed by atoms with E-state index in [4.69, 9.17) is 0 Å². The zero-order chi connectivity index (χ0) is 5.33. The van der Waals surface area contributed by atoms with E-state index in [1.165, 1.54) is 0 Å². The molecular formula is C3H5NS3. The van der Waals surface area contributed by atoms with Gasteiger partial charge in [-0.3, -0.25) is 4.99 Å². The number of thiol groups is 2. The Balaban J connectivity index is 2.77. The summed E-state index contributed by atoms with van der Waals surface area (Å²) in [6.45, 7) is 0. The highest BCUT2D eigenvalue weighted by Gasteiger charge is 2.07. The lowest BCUT2D eigenvalue weighted by Gasteiger charge is -2.11. The van der Waals surface area contributed by atoms with Crippen LogP contribution in [0.4, 0.5) is 0 Å². The quantitative estimate of drug-likeness (QED) is 0.388. The van der Waals surface area contributed by atoms with Gasteiger partial charge in [0.25, 0.3) is 0 Å². The van der Waals surface area contributed by atoms with E-state index in [9.17, 15) is 0 Å². The van der Waals surface area contributed by atoms with Crippen LogP contribution in [0.15, 0.2) is 16.6 Å². The van der Waals surface area contributed by atoms with E-state index in [-0.39, 0.29) is 0 Å². The van der Waals surface area contributed by atoms with Crippen LogP contribution in [0, 0.1) is 0 Å². The molecule has 1 rings (SSSR count). The lowest BCUT2D eigenvalue weighted by atomic mass is 11.1. The van der Waals surface area contributed by atoms with Crippen molar-refractivity contribution in [2.24, 2.45) is 4.99 Å². The lowest BCUT2D eigenvalue weighted by molar-refractivity contribution is 1.65. The smallest absolute Gasteiger partial charge is 0.0636 e. The zero-order valence-corrected chi connectivity index (χ0v) is 6.09. The number of aliphatic imine (C=N–C) groups is 1. The largest absolute Gasteiger partial charge is 0.257 e. The van der Waals surface area contributed by atoms with Gasteiger partial charge >= 0.3 is 0 Å². The molecule has 1 aliphatic heterocycles. The highest BCUT2D eigenvalue weighted by atomic mass is 33.5. The molecule has 0 N–H and O–H groups in total. The topological polar surface area (TPSA) is 12.4 Å². The highest BCUT2D eigenvalue weighted by Crippen LogP contribution is 2.58. The van der Waals surface area contributed by atoms with E-state index in [0.717, 1.165) is 0 Å². The maximum atomic E-state index is 4.16. The Hall–Kier alpha value is 0.460. The molecule has 0 fully saturated rings. The van der Waals surface area contributed by atoms with Gasteiger partial charge in [0, 0.05) is 6.20 Å².